The van der Waals surface area contributed by atoms with E-state index in [1.807, 2.05) is 0 Å². The lowest BCUT2D eigenvalue weighted by molar-refractivity contribution is 0.363. The van der Waals surface area contributed by atoms with E-state index in [2.05, 4.69) is 58.3 Å². The molecule has 0 bridgehead atoms. The Morgan fingerprint density at radius 2 is 1.74 bits per heavy atom. The Kier molecular flexibility index (Phi) is 7.15. The molecule has 1 heteroatoms. The first-order valence-corrected chi connectivity index (χ1v) is 7.87. The summed E-state index contributed by atoms with van der Waals surface area (Å²) >= 11 is 0. The smallest absolute Gasteiger partial charge is 0.0325 e. The molecule has 1 nitrogen and oxygen atoms in total. The number of aryl methyl sites for hydroxylation is 2. The minimum absolute atomic E-state index is 0.503. The third kappa shape index (κ3) is 4.65. The van der Waals surface area contributed by atoms with Crippen LogP contribution in [0.4, 0.5) is 0 Å². The molecule has 0 aliphatic heterocycles. The highest BCUT2D eigenvalue weighted by Gasteiger charge is 2.18. The largest absolute Gasteiger partial charge is 0.313 e. The maximum Gasteiger partial charge on any atom is 0.0325 e. The molecule has 0 heterocycles. The molecule has 19 heavy (non-hydrogen) atoms. The number of hydrogen-bond acceptors (Lipinski definition) is 1. The highest BCUT2D eigenvalue weighted by Crippen LogP contribution is 2.30. The Hall–Kier alpha value is -0.820. The Balaban J connectivity index is 2.82. The van der Waals surface area contributed by atoms with Crippen molar-refractivity contribution in [1.29, 1.82) is 0 Å². The van der Waals surface area contributed by atoms with Crippen molar-refractivity contribution in [3.63, 3.8) is 0 Å². The monoisotopic (exact) mass is 261 g/mol. The van der Waals surface area contributed by atoms with E-state index in [9.17, 15) is 0 Å². The summed E-state index contributed by atoms with van der Waals surface area (Å²) in [7, 11) is 2.10. The van der Waals surface area contributed by atoms with Crippen LogP contribution in [-0.2, 0) is 0 Å². The summed E-state index contributed by atoms with van der Waals surface area (Å²) in [5.74, 6) is 0.844. The van der Waals surface area contributed by atoms with Crippen LogP contribution in [0.25, 0.3) is 0 Å². The van der Waals surface area contributed by atoms with Crippen molar-refractivity contribution in [3.05, 3.63) is 34.9 Å². The fraction of sp³-hybridized carbons (Fsp3) is 0.667. The van der Waals surface area contributed by atoms with Gasteiger partial charge >= 0.3 is 0 Å². The minimum atomic E-state index is 0.503. The first-order valence-electron chi connectivity index (χ1n) is 7.87. The molecule has 1 N–H and O–H groups in total. The van der Waals surface area contributed by atoms with Gasteiger partial charge in [-0.3, -0.25) is 0 Å². The van der Waals surface area contributed by atoms with E-state index >= 15 is 0 Å². The summed E-state index contributed by atoms with van der Waals surface area (Å²) < 4.78 is 0. The highest BCUT2D eigenvalue weighted by atomic mass is 14.9. The molecule has 0 spiro atoms. The Labute approximate surface area is 119 Å². The van der Waals surface area contributed by atoms with E-state index in [4.69, 9.17) is 0 Å². The Bertz CT molecular complexity index is 350. The van der Waals surface area contributed by atoms with E-state index in [-0.39, 0.29) is 0 Å². The predicted octanol–water partition coefficient (Wildman–Crippen LogP) is 5.17. The zero-order valence-corrected chi connectivity index (χ0v) is 13.4. The highest BCUT2D eigenvalue weighted by molar-refractivity contribution is 5.36. The molecule has 1 rings (SSSR count). The molecular weight excluding hydrogens is 230 g/mol. The van der Waals surface area contributed by atoms with Crippen molar-refractivity contribution < 1.29 is 0 Å². The number of unbranched alkanes of at least 4 members (excludes halogenated alkanes) is 1. The van der Waals surface area contributed by atoms with Gasteiger partial charge in [-0.1, -0.05) is 57.7 Å². The van der Waals surface area contributed by atoms with Gasteiger partial charge in [-0.2, -0.15) is 0 Å². The molecule has 0 fully saturated rings. The third-order valence-electron chi connectivity index (χ3n) is 4.35. The van der Waals surface area contributed by atoms with Gasteiger partial charge in [-0.05, 0) is 49.9 Å². The summed E-state index contributed by atoms with van der Waals surface area (Å²) in [5, 5.41) is 3.54. The van der Waals surface area contributed by atoms with Gasteiger partial charge in [0.1, 0.15) is 0 Å². The summed E-state index contributed by atoms with van der Waals surface area (Å²) in [6, 6.07) is 7.14. The van der Waals surface area contributed by atoms with Crippen LogP contribution in [0.1, 0.15) is 68.7 Å². The fourth-order valence-corrected chi connectivity index (χ4v) is 3.07. The Morgan fingerprint density at radius 1 is 1.11 bits per heavy atom. The molecule has 1 aromatic rings. The average Bonchev–Trinajstić information content (AvgIpc) is 2.41. The van der Waals surface area contributed by atoms with E-state index in [0.717, 1.165) is 5.92 Å². The summed E-state index contributed by atoms with van der Waals surface area (Å²) in [6.07, 6.45) is 6.60. The second-order valence-electron chi connectivity index (χ2n) is 5.80. The first kappa shape index (κ1) is 16.2. The number of hydrogen-bond donors (Lipinski definition) is 1. The average molecular weight is 261 g/mol. The van der Waals surface area contributed by atoms with Crippen LogP contribution in [0.3, 0.4) is 0 Å². The van der Waals surface area contributed by atoms with Gasteiger partial charge in [-0.15, -0.1) is 0 Å². The van der Waals surface area contributed by atoms with Gasteiger partial charge in [0.05, 0.1) is 0 Å². The zero-order chi connectivity index (χ0) is 14.3. The molecule has 2 unspecified atom stereocenters. The van der Waals surface area contributed by atoms with E-state index in [1.165, 1.54) is 48.8 Å². The van der Waals surface area contributed by atoms with Crippen LogP contribution in [0.2, 0.25) is 0 Å². The second-order valence-corrected chi connectivity index (χ2v) is 5.80. The normalized spacial score (nSPS) is 14.4. The minimum Gasteiger partial charge on any atom is -0.313 e. The van der Waals surface area contributed by atoms with Crippen molar-refractivity contribution >= 4 is 0 Å². The quantitative estimate of drug-likeness (QED) is 0.680. The lowest BCUT2D eigenvalue weighted by Crippen LogP contribution is -2.21. The van der Waals surface area contributed by atoms with Crippen LogP contribution in [0.5, 0.6) is 0 Å². The summed E-state index contributed by atoms with van der Waals surface area (Å²) in [5.41, 5.74) is 4.36. The molecule has 1 aromatic carbocycles. The van der Waals surface area contributed by atoms with Gasteiger partial charge < -0.3 is 5.32 Å². The van der Waals surface area contributed by atoms with E-state index in [1.54, 1.807) is 0 Å². The summed E-state index contributed by atoms with van der Waals surface area (Å²) in [4.78, 5) is 0. The lowest BCUT2D eigenvalue weighted by atomic mass is 9.86. The zero-order valence-electron chi connectivity index (χ0n) is 13.4. The van der Waals surface area contributed by atoms with Crippen molar-refractivity contribution in [3.8, 4) is 0 Å². The summed E-state index contributed by atoms with van der Waals surface area (Å²) in [6.45, 7) is 9.09. The number of benzene rings is 1. The van der Waals surface area contributed by atoms with Crippen LogP contribution >= 0.6 is 0 Å². The number of rotatable bonds is 8. The van der Waals surface area contributed by atoms with Gasteiger partial charge in [0.2, 0.25) is 0 Å². The molecule has 0 aliphatic rings. The molecule has 0 amide bonds. The molecule has 108 valence electrons. The van der Waals surface area contributed by atoms with Crippen LogP contribution in [-0.4, -0.2) is 7.05 Å². The predicted molar refractivity (Wildman–Crippen MR) is 85.6 cm³/mol. The molecule has 0 saturated heterocycles. The maximum atomic E-state index is 3.54. The van der Waals surface area contributed by atoms with Crippen LogP contribution in [0, 0.1) is 19.8 Å². The molecule has 0 radical (unpaired) electrons. The van der Waals surface area contributed by atoms with Crippen molar-refractivity contribution in [1.82, 2.24) is 5.32 Å². The maximum absolute atomic E-state index is 3.54. The number of nitrogens with one attached hydrogen (secondary N) is 1. The lowest BCUT2D eigenvalue weighted by Gasteiger charge is -2.25. The van der Waals surface area contributed by atoms with Crippen molar-refractivity contribution in [2.24, 2.45) is 5.92 Å². The molecule has 0 aromatic heterocycles. The molecule has 0 aliphatic carbocycles. The third-order valence-corrected chi connectivity index (χ3v) is 4.35. The van der Waals surface area contributed by atoms with Crippen molar-refractivity contribution in [2.75, 3.05) is 7.05 Å². The van der Waals surface area contributed by atoms with E-state index < -0.39 is 0 Å². The van der Waals surface area contributed by atoms with Crippen molar-refractivity contribution in [2.45, 2.75) is 65.8 Å². The SMILES string of the molecule is CCCCC(CC)CC(NC)c1c(C)cccc1C. The topological polar surface area (TPSA) is 12.0 Å². The molecular formula is C18H31N. The van der Waals surface area contributed by atoms with Gasteiger partial charge in [-0.25, -0.2) is 0 Å². The van der Waals surface area contributed by atoms with Gasteiger partial charge in [0, 0.05) is 6.04 Å². The van der Waals surface area contributed by atoms with Crippen LogP contribution in [0.15, 0.2) is 18.2 Å². The first-order chi connectivity index (χ1) is 9.13. The Morgan fingerprint density at radius 3 is 2.21 bits per heavy atom. The van der Waals surface area contributed by atoms with Crippen LogP contribution < -0.4 is 5.32 Å². The standard InChI is InChI=1S/C18H31N/c1-6-8-12-16(7-2)13-17(19-5)18-14(3)10-9-11-15(18)4/h9-11,16-17,19H,6-8,12-13H2,1-5H3. The molecule has 0 saturated carbocycles. The molecule has 2 atom stereocenters. The second kappa shape index (κ2) is 8.37. The van der Waals surface area contributed by atoms with E-state index in [0.29, 0.717) is 6.04 Å². The van der Waals surface area contributed by atoms with Gasteiger partial charge in [0.15, 0.2) is 0 Å². The fourth-order valence-electron chi connectivity index (χ4n) is 3.07. The van der Waals surface area contributed by atoms with Gasteiger partial charge in [0.25, 0.3) is 0 Å².